The molecule has 0 bridgehead atoms. The Bertz CT molecular complexity index is 755. The molecule has 1 heterocycles. The van der Waals surface area contributed by atoms with Gasteiger partial charge in [0.2, 0.25) is 5.78 Å². The van der Waals surface area contributed by atoms with Crippen LogP contribution < -0.4 is 0 Å². The van der Waals surface area contributed by atoms with Gasteiger partial charge < -0.3 is 19.9 Å². The number of hydrogen-bond donors (Lipinski definition) is 3. The van der Waals surface area contributed by atoms with Crippen LogP contribution in [0.1, 0.15) is 16.1 Å². The lowest BCUT2D eigenvalue weighted by Gasteiger charge is -2.24. The molecule has 0 aliphatic heterocycles. The van der Waals surface area contributed by atoms with Gasteiger partial charge in [-0.3, -0.25) is 4.79 Å². The van der Waals surface area contributed by atoms with Gasteiger partial charge in [0.15, 0.2) is 0 Å². The van der Waals surface area contributed by atoms with E-state index < -0.39 is 29.2 Å². The molecule has 0 radical (unpaired) electrons. The van der Waals surface area contributed by atoms with Gasteiger partial charge in [-0.2, -0.15) is 0 Å². The average molecular weight is 317 g/mol. The number of carboxylic acid groups (broad SMARTS) is 3. The number of carbonyl (C=O) groups is 4. The van der Waals surface area contributed by atoms with E-state index in [4.69, 9.17) is 0 Å². The lowest BCUT2D eigenvalue weighted by molar-refractivity contribution is -0.173. The highest BCUT2D eigenvalue weighted by molar-refractivity contribution is 6.20. The third-order valence-electron chi connectivity index (χ3n) is 3.31. The summed E-state index contributed by atoms with van der Waals surface area (Å²) < 4.78 is 0.440. The zero-order valence-electron chi connectivity index (χ0n) is 11.5. The van der Waals surface area contributed by atoms with E-state index in [1.165, 1.54) is 24.3 Å². The Balaban J connectivity index is 2.68. The van der Waals surface area contributed by atoms with E-state index in [1.807, 2.05) is 0 Å². The number of hydrogen-bond acceptors (Lipinski definition) is 4. The van der Waals surface area contributed by atoms with Gasteiger partial charge >= 0.3 is 23.4 Å². The molecule has 8 heteroatoms. The predicted molar refractivity (Wildman–Crippen MR) is 75.2 cm³/mol. The molecule has 3 N–H and O–H groups in total. The van der Waals surface area contributed by atoms with Crippen LogP contribution in [0.5, 0.6) is 0 Å². The van der Waals surface area contributed by atoms with Crippen molar-refractivity contribution in [2.24, 2.45) is 0 Å². The van der Waals surface area contributed by atoms with Crippen molar-refractivity contribution < 1.29 is 34.5 Å². The molecule has 2 rings (SSSR count). The fraction of sp³-hybridized carbons (Fsp3) is 0.0667. The first-order valence-electron chi connectivity index (χ1n) is 6.31. The summed E-state index contributed by atoms with van der Waals surface area (Å²) >= 11 is 0. The summed E-state index contributed by atoms with van der Waals surface area (Å²) in [5.74, 6) is -7.04. The fourth-order valence-corrected chi connectivity index (χ4v) is 2.18. The maximum absolute atomic E-state index is 12.4. The minimum atomic E-state index is -3.33. The van der Waals surface area contributed by atoms with E-state index in [0.717, 1.165) is 6.20 Å². The number of aromatic nitrogens is 1. The second kappa shape index (κ2) is 5.76. The number of aliphatic carboxylic acids is 3. The molecule has 8 nitrogen and oxygen atoms in total. The van der Waals surface area contributed by atoms with Crippen LogP contribution in [0.3, 0.4) is 0 Å². The summed E-state index contributed by atoms with van der Waals surface area (Å²) in [6, 6.07) is 10.1. The molecule has 0 atom stereocenters. The highest BCUT2D eigenvalue weighted by Gasteiger charge is 2.57. The highest BCUT2D eigenvalue weighted by atomic mass is 16.4. The SMILES string of the molecule is O=C(c1ccccc1)c1cccn1C(C(=O)O)(C(=O)O)C(=O)O. The van der Waals surface area contributed by atoms with Gasteiger partial charge in [-0.1, -0.05) is 30.3 Å². The highest BCUT2D eigenvalue weighted by Crippen LogP contribution is 2.23. The van der Waals surface area contributed by atoms with Crippen molar-refractivity contribution in [2.75, 3.05) is 0 Å². The summed E-state index contributed by atoms with van der Waals surface area (Å²) in [7, 11) is 0. The van der Waals surface area contributed by atoms with Crippen LogP contribution >= 0.6 is 0 Å². The number of nitrogens with zero attached hydrogens (tertiary/aromatic N) is 1. The third-order valence-corrected chi connectivity index (χ3v) is 3.31. The van der Waals surface area contributed by atoms with E-state index in [0.29, 0.717) is 4.57 Å². The van der Waals surface area contributed by atoms with Crippen molar-refractivity contribution in [1.29, 1.82) is 0 Å². The van der Waals surface area contributed by atoms with Crippen molar-refractivity contribution in [3.63, 3.8) is 0 Å². The quantitative estimate of drug-likeness (QED) is 0.526. The van der Waals surface area contributed by atoms with Crippen LogP contribution in [0, 0.1) is 0 Å². The van der Waals surface area contributed by atoms with Crippen LogP contribution in [0.2, 0.25) is 0 Å². The number of carbonyl (C=O) groups excluding carboxylic acids is 1. The van der Waals surface area contributed by atoms with Crippen LogP contribution in [0.15, 0.2) is 48.7 Å². The van der Waals surface area contributed by atoms with Gasteiger partial charge in [-0.15, -0.1) is 0 Å². The molecule has 0 aliphatic carbocycles. The van der Waals surface area contributed by atoms with E-state index in [9.17, 15) is 34.5 Å². The van der Waals surface area contributed by atoms with Crippen molar-refractivity contribution in [2.45, 2.75) is 5.54 Å². The molecule has 0 spiro atoms. The molecule has 0 amide bonds. The van der Waals surface area contributed by atoms with Crippen LogP contribution in [0.4, 0.5) is 0 Å². The van der Waals surface area contributed by atoms with Crippen molar-refractivity contribution >= 4 is 23.7 Å². The number of rotatable bonds is 6. The largest absolute Gasteiger partial charge is 0.479 e. The summed E-state index contributed by atoms with van der Waals surface area (Å²) in [6.45, 7) is 0. The first-order valence-corrected chi connectivity index (χ1v) is 6.31. The molecule has 23 heavy (non-hydrogen) atoms. The van der Waals surface area contributed by atoms with E-state index in [-0.39, 0.29) is 11.3 Å². The Morgan fingerprint density at radius 1 is 0.783 bits per heavy atom. The summed E-state index contributed by atoms with van der Waals surface area (Å²) in [5, 5.41) is 27.7. The molecule has 0 saturated heterocycles. The molecule has 1 aromatic heterocycles. The van der Waals surface area contributed by atoms with Crippen LogP contribution in [-0.4, -0.2) is 43.6 Å². The average Bonchev–Trinajstić information content (AvgIpc) is 2.96. The standard InChI is InChI=1S/C15H11NO7/c17-11(9-5-2-1-3-6-9)10-7-4-8-16(10)15(12(18)19,13(20)21)14(22)23/h1-8H,(H,18,19)(H,20,21)(H,22,23). The Kier molecular flexibility index (Phi) is 4.00. The molecule has 1 aromatic carbocycles. The molecule has 0 unspecified atom stereocenters. The normalized spacial score (nSPS) is 11.0. The van der Waals surface area contributed by atoms with Gasteiger partial charge in [-0.25, -0.2) is 14.4 Å². The summed E-state index contributed by atoms with van der Waals surface area (Å²) in [5.41, 5.74) is -3.52. The molecule has 0 aliphatic rings. The van der Waals surface area contributed by atoms with Gasteiger partial charge in [-0.05, 0) is 12.1 Å². The Morgan fingerprint density at radius 3 is 1.78 bits per heavy atom. The molecule has 0 fully saturated rings. The Labute approximate surface area is 129 Å². The molecule has 118 valence electrons. The Morgan fingerprint density at radius 2 is 1.30 bits per heavy atom. The van der Waals surface area contributed by atoms with Crippen LogP contribution in [-0.2, 0) is 19.9 Å². The number of ketones is 1. The minimum absolute atomic E-state index is 0.169. The Hall–Kier alpha value is -3.42. The zero-order valence-corrected chi connectivity index (χ0v) is 11.5. The van der Waals surface area contributed by atoms with Crippen molar-refractivity contribution in [3.05, 3.63) is 59.9 Å². The lowest BCUT2D eigenvalue weighted by atomic mass is 9.98. The number of carboxylic acids is 3. The third kappa shape index (κ3) is 2.35. The topological polar surface area (TPSA) is 134 Å². The van der Waals surface area contributed by atoms with E-state index in [2.05, 4.69) is 0 Å². The van der Waals surface area contributed by atoms with Gasteiger partial charge in [0.05, 0.1) is 5.69 Å². The lowest BCUT2D eigenvalue weighted by Crippen LogP contribution is -2.56. The van der Waals surface area contributed by atoms with E-state index >= 15 is 0 Å². The monoisotopic (exact) mass is 317 g/mol. The maximum atomic E-state index is 12.4. The first-order chi connectivity index (χ1) is 10.8. The van der Waals surface area contributed by atoms with Gasteiger partial charge in [0.25, 0.3) is 0 Å². The van der Waals surface area contributed by atoms with Crippen LogP contribution in [0.25, 0.3) is 0 Å². The molecular formula is C15H11NO7. The summed E-state index contributed by atoms with van der Waals surface area (Å²) in [4.78, 5) is 46.7. The molecule has 2 aromatic rings. The minimum Gasteiger partial charge on any atom is -0.479 e. The first kappa shape index (κ1) is 16.0. The molecule has 0 saturated carbocycles. The maximum Gasteiger partial charge on any atom is 0.353 e. The predicted octanol–water partition coefficient (Wildman–Crippen LogP) is 0.668. The fourth-order valence-electron chi connectivity index (χ4n) is 2.18. The van der Waals surface area contributed by atoms with E-state index in [1.54, 1.807) is 18.2 Å². The van der Waals surface area contributed by atoms with Gasteiger partial charge in [0, 0.05) is 11.8 Å². The van der Waals surface area contributed by atoms with Crippen molar-refractivity contribution in [3.8, 4) is 0 Å². The second-order valence-corrected chi connectivity index (χ2v) is 4.58. The second-order valence-electron chi connectivity index (χ2n) is 4.58. The number of benzene rings is 1. The zero-order chi connectivity index (χ0) is 17.2. The van der Waals surface area contributed by atoms with Crippen molar-refractivity contribution in [1.82, 2.24) is 4.57 Å². The smallest absolute Gasteiger partial charge is 0.353 e. The summed E-state index contributed by atoms with van der Waals surface area (Å²) in [6.07, 6.45) is 0.937. The molecular weight excluding hydrogens is 306 g/mol. The van der Waals surface area contributed by atoms with Gasteiger partial charge in [0.1, 0.15) is 0 Å².